The summed E-state index contributed by atoms with van der Waals surface area (Å²) >= 11 is 0. The fourth-order valence-corrected chi connectivity index (χ4v) is 2.74. The number of benzene rings is 1. The molecule has 0 bridgehead atoms. The van der Waals surface area contributed by atoms with Gasteiger partial charge in [-0.15, -0.1) is 13.2 Å². The standard InChI is InChI=1S/C21H23F3N6O/c1-14-12-15(31-21(22,23)24)7-8-16(14)27-19-13-18(17-6-4-5-9-25-17)28-20(29-19)26-10-11-30(2)3/h4-9,12-13H,10-11H2,1-3H3,(H2,26,27,28,29). The number of aryl methyl sites for hydroxylation is 1. The number of anilines is 3. The van der Waals surface area contributed by atoms with Crippen molar-refractivity contribution >= 4 is 17.5 Å². The third-order valence-electron chi connectivity index (χ3n) is 4.19. The molecule has 3 aromatic rings. The van der Waals surface area contributed by atoms with Crippen LogP contribution in [0, 0.1) is 6.92 Å². The van der Waals surface area contributed by atoms with Crippen LogP contribution in [0.1, 0.15) is 5.56 Å². The molecule has 0 radical (unpaired) electrons. The van der Waals surface area contributed by atoms with Crippen molar-refractivity contribution in [3.05, 3.63) is 54.2 Å². The molecule has 10 heteroatoms. The summed E-state index contributed by atoms with van der Waals surface area (Å²) in [6.45, 7) is 3.11. The van der Waals surface area contributed by atoms with Crippen molar-refractivity contribution in [2.75, 3.05) is 37.8 Å². The van der Waals surface area contributed by atoms with E-state index in [0.29, 0.717) is 40.9 Å². The van der Waals surface area contributed by atoms with Crippen LogP contribution < -0.4 is 15.4 Å². The highest BCUT2D eigenvalue weighted by molar-refractivity contribution is 5.67. The quantitative estimate of drug-likeness (QED) is 0.544. The van der Waals surface area contributed by atoms with E-state index in [1.54, 1.807) is 19.2 Å². The van der Waals surface area contributed by atoms with Crippen LogP contribution in [0.25, 0.3) is 11.4 Å². The van der Waals surface area contributed by atoms with Gasteiger partial charge in [-0.25, -0.2) is 4.98 Å². The number of aromatic nitrogens is 3. The zero-order valence-electron chi connectivity index (χ0n) is 17.4. The number of rotatable bonds is 8. The van der Waals surface area contributed by atoms with Gasteiger partial charge in [0.2, 0.25) is 5.95 Å². The van der Waals surface area contributed by atoms with Gasteiger partial charge in [0.05, 0.1) is 11.4 Å². The summed E-state index contributed by atoms with van der Waals surface area (Å²) in [6, 6.07) is 11.3. The molecule has 0 atom stereocenters. The van der Waals surface area contributed by atoms with Gasteiger partial charge in [0.15, 0.2) is 0 Å². The minimum absolute atomic E-state index is 0.279. The highest BCUT2D eigenvalue weighted by Gasteiger charge is 2.31. The summed E-state index contributed by atoms with van der Waals surface area (Å²) in [5.41, 5.74) is 2.45. The van der Waals surface area contributed by atoms with Gasteiger partial charge >= 0.3 is 6.36 Å². The van der Waals surface area contributed by atoms with Crippen LogP contribution in [-0.4, -0.2) is 53.4 Å². The average molecular weight is 432 g/mol. The summed E-state index contributed by atoms with van der Waals surface area (Å²) in [7, 11) is 3.93. The van der Waals surface area contributed by atoms with Crippen LogP contribution in [0.4, 0.5) is 30.6 Å². The lowest BCUT2D eigenvalue weighted by atomic mass is 10.2. The SMILES string of the molecule is Cc1cc(OC(F)(F)F)ccc1Nc1cc(-c2ccccn2)nc(NCCN(C)C)n1. The van der Waals surface area contributed by atoms with E-state index in [1.807, 2.05) is 37.2 Å². The number of ether oxygens (including phenoxy) is 1. The summed E-state index contributed by atoms with van der Waals surface area (Å²) in [6.07, 6.45) is -3.06. The van der Waals surface area contributed by atoms with Gasteiger partial charge in [0, 0.05) is 31.0 Å². The van der Waals surface area contributed by atoms with Crippen LogP contribution in [0.2, 0.25) is 0 Å². The Morgan fingerprint density at radius 2 is 1.84 bits per heavy atom. The Balaban J connectivity index is 1.87. The third-order valence-corrected chi connectivity index (χ3v) is 4.19. The molecule has 2 aromatic heterocycles. The van der Waals surface area contributed by atoms with E-state index in [2.05, 4.69) is 30.3 Å². The normalized spacial score (nSPS) is 11.5. The summed E-state index contributed by atoms with van der Waals surface area (Å²) < 4.78 is 41.3. The van der Waals surface area contributed by atoms with Crippen molar-refractivity contribution in [2.24, 2.45) is 0 Å². The van der Waals surface area contributed by atoms with Gasteiger partial charge < -0.3 is 20.3 Å². The molecule has 0 unspecified atom stereocenters. The second kappa shape index (κ2) is 9.61. The average Bonchev–Trinajstić information content (AvgIpc) is 2.69. The van der Waals surface area contributed by atoms with Gasteiger partial charge in [-0.1, -0.05) is 6.07 Å². The Labute approximate surface area is 178 Å². The lowest BCUT2D eigenvalue weighted by Gasteiger charge is -2.15. The van der Waals surface area contributed by atoms with Gasteiger partial charge in [-0.3, -0.25) is 4.98 Å². The van der Waals surface area contributed by atoms with Crippen molar-refractivity contribution in [2.45, 2.75) is 13.3 Å². The maximum atomic E-state index is 12.5. The van der Waals surface area contributed by atoms with E-state index >= 15 is 0 Å². The Kier molecular flexibility index (Phi) is 6.91. The van der Waals surface area contributed by atoms with Crippen molar-refractivity contribution in [1.82, 2.24) is 19.9 Å². The fourth-order valence-electron chi connectivity index (χ4n) is 2.74. The molecule has 2 N–H and O–H groups in total. The molecular formula is C21H23F3N6O. The Hall–Kier alpha value is -3.40. The van der Waals surface area contributed by atoms with Gasteiger partial charge in [-0.05, 0) is 56.9 Å². The van der Waals surface area contributed by atoms with E-state index in [0.717, 1.165) is 6.54 Å². The van der Waals surface area contributed by atoms with Crippen molar-refractivity contribution < 1.29 is 17.9 Å². The van der Waals surface area contributed by atoms with E-state index in [9.17, 15) is 13.2 Å². The number of likely N-dealkylation sites (N-methyl/N-ethyl adjacent to an activating group) is 1. The number of alkyl halides is 3. The summed E-state index contributed by atoms with van der Waals surface area (Å²) in [4.78, 5) is 15.4. The molecule has 0 amide bonds. The summed E-state index contributed by atoms with van der Waals surface area (Å²) in [5, 5.41) is 6.33. The third kappa shape index (κ3) is 6.82. The van der Waals surface area contributed by atoms with Gasteiger partial charge in [-0.2, -0.15) is 4.98 Å². The molecule has 2 heterocycles. The highest BCUT2D eigenvalue weighted by atomic mass is 19.4. The van der Waals surface area contributed by atoms with E-state index in [-0.39, 0.29) is 5.75 Å². The number of nitrogens with one attached hydrogen (secondary N) is 2. The molecule has 3 rings (SSSR count). The van der Waals surface area contributed by atoms with Crippen LogP contribution in [0.15, 0.2) is 48.7 Å². The lowest BCUT2D eigenvalue weighted by Crippen LogP contribution is -2.21. The molecule has 1 aromatic carbocycles. The van der Waals surface area contributed by atoms with Crippen LogP contribution >= 0.6 is 0 Å². The predicted molar refractivity (Wildman–Crippen MR) is 113 cm³/mol. The zero-order chi connectivity index (χ0) is 22.4. The topological polar surface area (TPSA) is 75.2 Å². The second-order valence-corrected chi connectivity index (χ2v) is 7.06. The smallest absolute Gasteiger partial charge is 0.406 e. The molecule has 0 aliphatic carbocycles. The Morgan fingerprint density at radius 1 is 1.03 bits per heavy atom. The summed E-state index contributed by atoms with van der Waals surface area (Å²) in [5.74, 6) is 0.622. The number of halogens is 3. The van der Waals surface area contributed by atoms with E-state index in [1.165, 1.54) is 18.2 Å². The molecule has 0 aliphatic heterocycles. The van der Waals surface area contributed by atoms with Crippen LogP contribution in [0.5, 0.6) is 5.75 Å². The Bertz CT molecular complexity index is 1010. The first-order chi connectivity index (χ1) is 14.7. The Morgan fingerprint density at radius 3 is 2.48 bits per heavy atom. The molecular weight excluding hydrogens is 409 g/mol. The molecule has 0 saturated carbocycles. The predicted octanol–water partition coefficient (Wildman–Crippen LogP) is 4.46. The highest BCUT2D eigenvalue weighted by Crippen LogP contribution is 2.29. The first-order valence-electron chi connectivity index (χ1n) is 9.52. The number of hydrogen-bond acceptors (Lipinski definition) is 7. The maximum absolute atomic E-state index is 12.5. The van der Waals surface area contributed by atoms with Crippen molar-refractivity contribution in [1.29, 1.82) is 0 Å². The van der Waals surface area contributed by atoms with Gasteiger partial charge in [0.25, 0.3) is 0 Å². The molecule has 0 spiro atoms. The number of nitrogens with zero attached hydrogens (tertiary/aromatic N) is 4. The number of hydrogen-bond donors (Lipinski definition) is 2. The lowest BCUT2D eigenvalue weighted by molar-refractivity contribution is -0.274. The second-order valence-electron chi connectivity index (χ2n) is 7.06. The number of pyridine rings is 1. The van der Waals surface area contributed by atoms with Crippen molar-refractivity contribution in [3.8, 4) is 17.1 Å². The molecule has 31 heavy (non-hydrogen) atoms. The molecule has 7 nitrogen and oxygen atoms in total. The molecule has 164 valence electrons. The fraction of sp³-hybridized carbons (Fsp3) is 0.286. The first kappa shape index (κ1) is 22.3. The first-order valence-corrected chi connectivity index (χ1v) is 9.52. The monoisotopic (exact) mass is 432 g/mol. The van der Waals surface area contributed by atoms with Gasteiger partial charge in [0.1, 0.15) is 11.6 Å². The van der Waals surface area contributed by atoms with E-state index < -0.39 is 6.36 Å². The van der Waals surface area contributed by atoms with Crippen LogP contribution in [0.3, 0.4) is 0 Å². The maximum Gasteiger partial charge on any atom is 0.573 e. The molecule has 0 aliphatic rings. The molecule has 0 saturated heterocycles. The molecule has 0 fully saturated rings. The minimum Gasteiger partial charge on any atom is -0.406 e. The van der Waals surface area contributed by atoms with E-state index in [4.69, 9.17) is 0 Å². The zero-order valence-corrected chi connectivity index (χ0v) is 17.4. The van der Waals surface area contributed by atoms with Crippen LogP contribution in [-0.2, 0) is 0 Å². The minimum atomic E-state index is -4.74. The van der Waals surface area contributed by atoms with Crippen molar-refractivity contribution in [3.63, 3.8) is 0 Å². The largest absolute Gasteiger partial charge is 0.573 e.